The van der Waals surface area contributed by atoms with Crippen molar-refractivity contribution in [2.75, 3.05) is 39.8 Å². The molecule has 0 unspecified atom stereocenters. The van der Waals surface area contributed by atoms with Crippen LogP contribution in [0, 0.1) is 0 Å². The van der Waals surface area contributed by atoms with E-state index in [9.17, 15) is 0 Å². The van der Waals surface area contributed by atoms with Gasteiger partial charge in [0.25, 0.3) is 0 Å². The van der Waals surface area contributed by atoms with Gasteiger partial charge in [0.15, 0.2) is 0 Å². The maximum atomic E-state index is 2.60. The molecule has 12 heavy (non-hydrogen) atoms. The number of nitrogens with zero attached hydrogens (tertiary/aromatic N) is 2. The van der Waals surface area contributed by atoms with Crippen LogP contribution in [0.2, 0.25) is 0 Å². The van der Waals surface area contributed by atoms with Crippen LogP contribution >= 0.6 is 0 Å². The van der Waals surface area contributed by atoms with Gasteiger partial charge in [-0.05, 0) is 59.0 Å². The molecule has 1 fully saturated rings. The maximum absolute atomic E-state index is 2.60. The average molecular weight is 170 g/mol. The zero-order valence-corrected chi connectivity index (χ0v) is 8.55. The number of rotatable bonds is 2. The predicted molar refractivity (Wildman–Crippen MR) is 53.5 cm³/mol. The summed E-state index contributed by atoms with van der Waals surface area (Å²) in [4.78, 5) is 5.05. The topological polar surface area (TPSA) is 6.48 Å². The van der Waals surface area contributed by atoms with Gasteiger partial charge in [-0.15, -0.1) is 0 Å². The Morgan fingerprint density at radius 1 is 1.00 bits per heavy atom. The van der Waals surface area contributed by atoms with Crippen molar-refractivity contribution in [3.63, 3.8) is 0 Å². The first-order valence-corrected chi connectivity index (χ1v) is 5.24. The van der Waals surface area contributed by atoms with Gasteiger partial charge >= 0.3 is 0 Å². The lowest BCUT2D eigenvalue weighted by atomic mass is 10.2. The molecule has 2 heteroatoms. The second kappa shape index (κ2) is 5.55. The number of hydrogen-bond acceptors (Lipinski definition) is 2. The van der Waals surface area contributed by atoms with Crippen LogP contribution in [-0.2, 0) is 0 Å². The Morgan fingerprint density at radius 3 is 2.08 bits per heavy atom. The van der Waals surface area contributed by atoms with E-state index < -0.39 is 0 Å². The van der Waals surface area contributed by atoms with Crippen LogP contribution in [0.4, 0.5) is 0 Å². The van der Waals surface area contributed by atoms with Gasteiger partial charge in [0, 0.05) is 0 Å². The molecule has 1 rings (SSSR count). The van der Waals surface area contributed by atoms with Crippen molar-refractivity contribution in [2.24, 2.45) is 0 Å². The quantitative estimate of drug-likeness (QED) is 0.618. The maximum Gasteiger partial charge on any atom is -0.000654 e. The standard InChI is InChI=1S/C10H22N2/c1-3-6-12-9-4-7-11(2)8-5-10-12/h3-10H2,1-2H3. The zero-order chi connectivity index (χ0) is 8.81. The largest absolute Gasteiger partial charge is 0.306 e. The molecule has 1 aliphatic heterocycles. The van der Waals surface area contributed by atoms with Crippen LogP contribution in [-0.4, -0.2) is 49.6 Å². The molecule has 0 spiro atoms. The molecule has 0 aliphatic carbocycles. The minimum atomic E-state index is 1.28. The highest BCUT2D eigenvalue weighted by atomic mass is 15.2. The van der Waals surface area contributed by atoms with Crippen molar-refractivity contribution in [1.82, 2.24) is 9.80 Å². The smallest absolute Gasteiger partial charge is 0.000654 e. The molecule has 0 aromatic heterocycles. The molecule has 72 valence electrons. The summed E-state index contributed by atoms with van der Waals surface area (Å²) in [6, 6.07) is 0. The average Bonchev–Trinajstić information content (AvgIpc) is 2.00. The van der Waals surface area contributed by atoms with Crippen LogP contribution in [0.1, 0.15) is 26.2 Å². The van der Waals surface area contributed by atoms with E-state index >= 15 is 0 Å². The molecule has 0 atom stereocenters. The van der Waals surface area contributed by atoms with Gasteiger partial charge in [-0.25, -0.2) is 0 Å². The molecular weight excluding hydrogens is 148 g/mol. The Balaban J connectivity index is 2.20. The summed E-state index contributed by atoms with van der Waals surface area (Å²) in [6.07, 6.45) is 3.99. The normalized spacial score (nSPS) is 23.5. The Bertz CT molecular complexity index is 104. The fourth-order valence-corrected chi connectivity index (χ4v) is 1.89. The van der Waals surface area contributed by atoms with Gasteiger partial charge in [-0.1, -0.05) is 6.92 Å². The predicted octanol–water partition coefficient (Wildman–Crippen LogP) is 1.42. The van der Waals surface area contributed by atoms with E-state index in [1.54, 1.807) is 0 Å². The van der Waals surface area contributed by atoms with Crippen molar-refractivity contribution in [2.45, 2.75) is 26.2 Å². The third-order valence-corrected chi connectivity index (χ3v) is 2.57. The first-order chi connectivity index (χ1) is 5.83. The molecule has 0 aromatic carbocycles. The minimum absolute atomic E-state index is 1.28. The molecule has 1 saturated heterocycles. The van der Waals surface area contributed by atoms with Gasteiger partial charge in [0.2, 0.25) is 0 Å². The zero-order valence-electron chi connectivity index (χ0n) is 8.55. The summed E-state index contributed by atoms with van der Waals surface area (Å²) in [5, 5.41) is 0. The fraction of sp³-hybridized carbons (Fsp3) is 1.00. The molecule has 1 heterocycles. The van der Waals surface area contributed by atoms with E-state index in [1.165, 1.54) is 52.0 Å². The summed E-state index contributed by atoms with van der Waals surface area (Å²) >= 11 is 0. The Kier molecular flexibility index (Phi) is 4.62. The van der Waals surface area contributed by atoms with E-state index in [1.807, 2.05) is 0 Å². The van der Waals surface area contributed by atoms with Gasteiger partial charge in [-0.3, -0.25) is 0 Å². The Hall–Kier alpha value is -0.0800. The van der Waals surface area contributed by atoms with Crippen LogP contribution < -0.4 is 0 Å². The van der Waals surface area contributed by atoms with Crippen molar-refractivity contribution in [3.05, 3.63) is 0 Å². The van der Waals surface area contributed by atoms with Crippen molar-refractivity contribution in [1.29, 1.82) is 0 Å². The lowest BCUT2D eigenvalue weighted by molar-refractivity contribution is 0.202. The van der Waals surface area contributed by atoms with Gasteiger partial charge in [0.05, 0.1) is 0 Å². The van der Waals surface area contributed by atoms with Gasteiger partial charge in [-0.2, -0.15) is 0 Å². The van der Waals surface area contributed by atoms with E-state index in [0.29, 0.717) is 0 Å². The molecule has 0 amide bonds. The molecule has 0 N–H and O–H groups in total. The van der Waals surface area contributed by atoms with Crippen molar-refractivity contribution < 1.29 is 0 Å². The lowest BCUT2D eigenvalue weighted by Gasteiger charge is -2.27. The van der Waals surface area contributed by atoms with E-state index in [4.69, 9.17) is 0 Å². The molecule has 1 aliphatic rings. The monoisotopic (exact) mass is 170 g/mol. The van der Waals surface area contributed by atoms with Crippen molar-refractivity contribution in [3.8, 4) is 0 Å². The Labute approximate surface area is 76.5 Å². The van der Waals surface area contributed by atoms with Crippen LogP contribution in [0.5, 0.6) is 0 Å². The van der Waals surface area contributed by atoms with Crippen molar-refractivity contribution >= 4 is 0 Å². The molecule has 0 aromatic rings. The summed E-state index contributed by atoms with van der Waals surface area (Å²) in [5.74, 6) is 0. The highest BCUT2D eigenvalue weighted by molar-refractivity contribution is 4.64. The molecule has 0 radical (unpaired) electrons. The third kappa shape index (κ3) is 3.55. The van der Waals surface area contributed by atoms with Crippen LogP contribution in [0.25, 0.3) is 0 Å². The van der Waals surface area contributed by atoms with Gasteiger partial charge < -0.3 is 9.80 Å². The van der Waals surface area contributed by atoms with Gasteiger partial charge in [0.1, 0.15) is 0 Å². The highest BCUT2D eigenvalue weighted by Crippen LogP contribution is 2.02. The SMILES string of the molecule is CCCN1CCCN(C)CCC1. The lowest BCUT2D eigenvalue weighted by Crippen LogP contribution is -2.35. The third-order valence-electron chi connectivity index (χ3n) is 2.57. The molecule has 2 nitrogen and oxygen atoms in total. The summed E-state index contributed by atoms with van der Waals surface area (Å²) < 4.78 is 0. The highest BCUT2D eigenvalue weighted by Gasteiger charge is 2.08. The first-order valence-electron chi connectivity index (χ1n) is 5.24. The summed E-state index contributed by atoms with van der Waals surface area (Å²) in [5.41, 5.74) is 0. The van der Waals surface area contributed by atoms with Crippen LogP contribution in [0.15, 0.2) is 0 Å². The second-order valence-electron chi connectivity index (χ2n) is 3.85. The minimum Gasteiger partial charge on any atom is -0.306 e. The van der Waals surface area contributed by atoms with E-state index in [-0.39, 0.29) is 0 Å². The van der Waals surface area contributed by atoms with E-state index in [0.717, 1.165) is 0 Å². The molecule has 0 bridgehead atoms. The summed E-state index contributed by atoms with van der Waals surface area (Å²) in [6.45, 7) is 8.73. The number of hydrogen-bond donors (Lipinski definition) is 0. The molecule has 0 saturated carbocycles. The fourth-order valence-electron chi connectivity index (χ4n) is 1.89. The second-order valence-corrected chi connectivity index (χ2v) is 3.85. The molecular formula is C10H22N2. The van der Waals surface area contributed by atoms with Crippen LogP contribution in [0.3, 0.4) is 0 Å². The summed E-state index contributed by atoms with van der Waals surface area (Å²) in [7, 11) is 2.23. The first kappa shape index (κ1) is 10.0. The Morgan fingerprint density at radius 2 is 1.58 bits per heavy atom. The van der Waals surface area contributed by atoms with E-state index in [2.05, 4.69) is 23.8 Å².